The second-order valence-corrected chi connectivity index (χ2v) is 4.34. The Hall–Kier alpha value is -0.250. The summed E-state index contributed by atoms with van der Waals surface area (Å²) >= 11 is 1.48. The SMILES string of the molecule is CC(C)(F)C1(C(=O)O)CSC1. The number of thioether (sulfide) groups is 1. The summed E-state index contributed by atoms with van der Waals surface area (Å²) in [5.74, 6) is -0.221. The van der Waals surface area contributed by atoms with Crippen LogP contribution in [0.15, 0.2) is 0 Å². The van der Waals surface area contributed by atoms with Gasteiger partial charge >= 0.3 is 5.97 Å². The van der Waals surface area contributed by atoms with Gasteiger partial charge in [-0.3, -0.25) is 4.79 Å². The minimum absolute atomic E-state index is 0.395. The maximum atomic E-state index is 13.3. The van der Waals surface area contributed by atoms with Crippen LogP contribution in [-0.2, 0) is 4.79 Å². The fourth-order valence-electron chi connectivity index (χ4n) is 1.03. The summed E-state index contributed by atoms with van der Waals surface area (Å²) in [6.45, 7) is 2.67. The zero-order valence-electron chi connectivity index (χ0n) is 6.56. The van der Waals surface area contributed by atoms with E-state index in [1.165, 1.54) is 25.6 Å². The second kappa shape index (κ2) is 2.37. The molecule has 0 amide bonds. The largest absolute Gasteiger partial charge is 0.481 e. The van der Waals surface area contributed by atoms with Crippen LogP contribution in [0.5, 0.6) is 0 Å². The van der Waals surface area contributed by atoms with Gasteiger partial charge in [-0.15, -0.1) is 0 Å². The van der Waals surface area contributed by atoms with E-state index in [4.69, 9.17) is 5.11 Å². The average molecular weight is 178 g/mol. The monoisotopic (exact) mass is 178 g/mol. The van der Waals surface area contributed by atoms with Crippen molar-refractivity contribution in [3.63, 3.8) is 0 Å². The Morgan fingerprint density at radius 1 is 1.64 bits per heavy atom. The van der Waals surface area contributed by atoms with Crippen LogP contribution >= 0.6 is 11.8 Å². The molecule has 0 aromatic heterocycles. The van der Waals surface area contributed by atoms with Crippen molar-refractivity contribution in [2.45, 2.75) is 19.5 Å². The molecule has 0 atom stereocenters. The van der Waals surface area contributed by atoms with Gasteiger partial charge in [-0.05, 0) is 13.8 Å². The number of rotatable bonds is 2. The molecule has 0 aliphatic carbocycles. The molecule has 2 nitrogen and oxygen atoms in total. The van der Waals surface area contributed by atoms with Crippen LogP contribution in [0, 0.1) is 5.41 Å². The predicted octanol–water partition coefficient (Wildman–Crippen LogP) is 1.55. The first kappa shape index (κ1) is 8.84. The Morgan fingerprint density at radius 3 is 2.09 bits per heavy atom. The molecule has 11 heavy (non-hydrogen) atoms. The lowest BCUT2D eigenvalue weighted by Crippen LogP contribution is -2.55. The maximum Gasteiger partial charge on any atom is 0.314 e. The number of carboxylic acid groups (broad SMARTS) is 1. The second-order valence-electron chi connectivity index (χ2n) is 3.35. The molecule has 64 valence electrons. The Labute approximate surface area is 69.2 Å². The number of hydrogen-bond donors (Lipinski definition) is 1. The van der Waals surface area contributed by atoms with Crippen molar-refractivity contribution in [1.29, 1.82) is 0 Å². The van der Waals surface area contributed by atoms with Crippen molar-refractivity contribution >= 4 is 17.7 Å². The average Bonchev–Trinajstić information content (AvgIpc) is 1.52. The molecule has 1 rings (SSSR count). The highest BCUT2D eigenvalue weighted by Crippen LogP contribution is 2.48. The summed E-state index contributed by atoms with van der Waals surface area (Å²) in [5, 5.41) is 8.77. The summed E-state index contributed by atoms with van der Waals surface area (Å²) < 4.78 is 13.3. The Bertz CT molecular complexity index is 181. The number of halogens is 1. The van der Waals surface area contributed by atoms with Crippen molar-refractivity contribution in [3.8, 4) is 0 Å². The van der Waals surface area contributed by atoms with Gasteiger partial charge in [0.1, 0.15) is 11.1 Å². The standard InChI is InChI=1S/C7H11FO2S/c1-6(2,8)7(5(9)10)3-11-4-7/h3-4H2,1-2H3,(H,9,10). The third-order valence-electron chi connectivity index (χ3n) is 2.24. The molecule has 0 radical (unpaired) electrons. The van der Waals surface area contributed by atoms with Gasteiger partial charge in [0, 0.05) is 11.5 Å². The molecule has 1 fully saturated rings. The van der Waals surface area contributed by atoms with Crippen molar-refractivity contribution < 1.29 is 14.3 Å². The molecule has 0 spiro atoms. The van der Waals surface area contributed by atoms with E-state index in [0.29, 0.717) is 11.5 Å². The van der Waals surface area contributed by atoms with E-state index >= 15 is 0 Å². The van der Waals surface area contributed by atoms with Crippen LogP contribution in [0.3, 0.4) is 0 Å². The first-order valence-corrected chi connectivity index (χ1v) is 4.56. The van der Waals surface area contributed by atoms with E-state index < -0.39 is 17.1 Å². The van der Waals surface area contributed by atoms with E-state index in [-0.39, 0.29) is 0 Å². The van der Waals surface area contributed by atoms with Crippen LogP contribution < -0.4 is 0 Å². The zero-order chi connectivity index (χ0) is 8.70. The summed E-state index contributed by atoms with van der Waals surface area (Å²) in [7, 11) is 0. The lowest BCUT2D eigenvalue weighted by molar-refractivity contribution is -0.154. The number of hydrogen-bond acceptors (Lipinski definition) is 2. The highest BCUT2D eigenvalue weighted by molar-refractivity contribution is 8.00. The fourth-order valence-corrected chi connectivity index (χ4v) is 2.57. The van der Waals surface area contributed by atoms with E-state index in [1.54, 1.807) is 0 Å². The molecular formula is C7H11FO2S. The number of carbonyl (C=O) groups is 1. The Morgan fingerprint density at radius 2 is 2.09 bits per heavy atom. The quantitative estimate of drug-likeness (QED) is 0.697. The zero-order valence-corrected chi connectivity index (χ0v) is 7.37. The lowest BCUT2D eigenvalue weighted by atomic mass is 9.77. The number of alkyl halides is 1. The molecular weight excluding hydrogens is 167 g/mol. The summed E-state index contributed by atoms with van der Waals surface area (Å²) in [6, 6.07) is 0. The smallest absolute Gasteiger partial charge is 0.314 e. The number of aliphatic carboxylic acids is 1. The van der Waals surface area contributed by atoms with Gasteiger partial charge in [-0.1, -0.05) is 0 Å². The molecule has 1 heterocycles. The normalized spacial score (nSPS) is 22.5. The van der Waals surface area contributed by atoms with Crippen molar-refractivity contribution in [3.05, 3.63) is 0 Å². The predicted molar refractivity (Wildman–Crippen MR) is 42.6 cm³/mol. The summed E-state index contributed by atoms with van der Waals surface area (Å²) in [4.78, 5) is 10.7. The maximum absolute atomic E-state index is 13.3. The van der Waals surface area contributed by atoms with E-state index in [9.17, 15) is 9.18 Å². The molecule has 1 saturated heterocycles. The van der Waals surface area contributed by atoms with Gasteiger partial charge in [-0.2, -0.15) is 11.8 Å². The molecule has 1 aliphatic rings. The molecule has 0 aromatic rings. The van der Waals surface area contributed by atoms with Crippen LogP contribution in [0.1, 0.15) is 13.8 Å². The number of carboxylic acids is 1. The van der Waals surface area contributed by atoms with Crippen LogP contribution in [0.2, 0.25) is 0 Å². The van der Waals surface area contributed by atoms with Gasteiger partial charge in [0.2, 0.25) is 0 Å². The van der Waals surface area contributed by atoms with Crippen molar-refractivity contribution in [1.82, 2.24) is 0 Å². The third-order valence-corrected chi connectivity index (χ3v) is 3.64. The Balaban J connectivity index is 2.85. The first-order chi connectivity index (χ1) is 4.90. The minimum atomic E-state index is -1.61. The summed E-state index contributed by atoms with van der Waals surface area (Å²) in [5.41, 5.74) is -2.73. The minimum Gasteiger partial charge on any atom is -0.481 e. The van der Waals surface area contributed by atoms with Gasteiger partial charge in [-0.25, -0.2) is 4.39 Å². The van der Waals surface area contributed by atoms with Gasteiger partial charge in [0.15, 0.2) is 0 Å². The Kier molecular flexibility index (Phi) is 1.90. The lowest BCUT2D eigenvalue weighted by Gasteiger charge is -2.44. The highest BCUT2D eigenvalue weighted by Gasteiger charge is 2.57. The van der Waals surface area contributed by atoms with Crippen LogP contribution in [0.25, 0.3) is 0 Å². The first-order valence-electron chi connectivity index (χ1n) is 3.40. The summed E-state index contributed by atoms with van der Waals surface area (Å²) in [6.07, 6.45) is 0. The molecule has 0 unspecified atom stereocenters. The van der Waals surface area contributed by atoms with Gasteiger partial charge < -0.3 is 5.11 Å². The third kappa shape index (κ3) is 1.13. The topological polar surface area (TPSA) is 37.3 Å². The molecule has 4 heteroatoms. The van der Waals surface area contributed by atoms with Crippen molar-refractivity contribution in [2.75, 3.05) is 11.5 Å². The highest BCUT2D eigenvalue weighted by atomic mass is 32.2. The molecule has 0 saturated carbocycles. The van der Waals surface area contributed by atoms with Crippen LogP contribution in [0.4, 0.5) is 4.39 Å². The van der Waals surface area contributed by atoms with E-state index in [1.807, 2.05) is 0 Å². The molecule has 0 bridgehead atoms. The van der Waals surface area contributed by atoms with Crippen molar-refractivity contribution in [2.24, 2.45) is 5.41 Å². The molecule has 1 N–H and O–H groups in total. The van der Waals surface area contributed by atoms with Gasteiger partial charge in [0.25, 0.3) is 0 Å². The van der Waals surface area contributed by atoms with E-state index in [2.05, 4.69) is 0 Å². The fraction of sp³-hybridized carbons (Fsp3) is 0.857. The molecule has 0 aromatic carbocycles. The van der Waals surface area contributed by atoms with Crippen LogP contribution in [-0.4, -0.2) is 28.3 Å². The molecule has 1 aliphatic heterocycles. The van der Waals surface area contributed by atoms with Gasteiger partial charge in [0.05, 0.1) is 0 Å². The van der Waals surface area contributed by atoms with E-state index in [0.717, 1.165) is 0 Å².